The Hall–Kier alpha value is -2.57. The molecule has 24 heavy (non-hydrogen) atoms. The number of nitrogens with one attached hydrogen (secondary N) is 2. The number of carbonyl (C=O) groups excluding carboxylic acids is 1. The zero-order valence-corrected chi connectivity index (χ0v) is 14.3. The highest BCUT2D eigenvalue weighted by atomic mass is 19.1. The van der Waals surface area contributed by atoms with Crippen molar-refractivity contribution in [3.8, 4) is 5.75 Å². The second-order valence-electron chi connectivity index (χ2n) is 5.79. The molecule has 1 aromatic carbocycles. The van der Waals surface area contributed by atoms with Gasteiger partial charge in [0.05, 0.1) is 18.3 Å². The van der Waals surface area contributed by atoms with Crippen LogP contribution in [0.15, 0.2) is 30.6 Å². The summed E-state index contributed by atoms with van der Waals surface area (Å²) in [7, 11) is 1.86. The molecule has 0 aliphatic carbocycles. The molecule has 2 amide bonds. The first kappa shape index (κ1) is 17.8. The van der Waals surface area contributed by atoms with Gasteiger partial charge in [0, 0.05) is 25.5 Å². The summed E-state index contributed by atoms with van der Waals surface area (Å²) >= 11 is 0. The lowest BCUT2D eigenvalue weighted by Crippen LogP contribution is -2.36. The summed E-state index contributed by atoms with van der Waals surface area (Å²) in [5.74, 6) is 0.748. The van der Waals surface area contributed by atoms with Gasteiger partial charge in [-0.2, -0.15) is 0 Å². The highest BCUT2D eigenvalue weighted by Gasteiger charge is 2.22. The second-order valence-corrected chi connectivity index (χ2v) is 5.79. The number of halogens is 1. The number of imidazole rings is 1. The molecule has 0 saturated heterocycles. The van der Waals surface area contributed by atoms with Gasteiger partial charge >= 0.3 is 6.03 Å². The first-order valence-corrected chi connectivity index (χ1v) is 7.89. The summed E-state index contributed by atoms with van der Waals surface area (Å²) < 4.78 is 21.1. The molecule has 1 aromatic heterocycles. The highest BCUT2D eigenvalue weighted by Crippen LogP contribution is 2.22. The Balaban J connectivity index is 2.07. The van der Waals surface area contributed by atoms with Crippen LogP contribution in [-0.4, -0.2) is 22.2 Å². The van der Waals surface area contributed by atoms with Gasteiger partial charge in [0.1, 0.15) is 17.4 Å². The van der Waals surface area contributed by atoms with Crippen LogP contribution in [0.1, 0.15) is 32.6 Å². The average Bonchev–Trinajstić information content (AvgIpc) is 2.93. The fourth-order valence-corrected chi connectivity index (χ4v) is 2.36. The number of hydrogen-bond acceptors (Lipinski definition) is 3. The topological polar surface area (TPSA) is 68.2 Å². The van der Waals surface area contributed by atoms with Crippen molar-refractivity contribution in [2.75, 3.05) is 11.9 Å². The van der Waals surface area contributed by atoms with Gasteiger partial charge in [0.15, 0.2) is 0 Å². The molecular formula is C17H23FN4O2. The van der Waals surface area contributed by atoms with E-state index in [0.717, 1.165) is 5.82 Å². The smallest absolute Gasteiger partial charge is 0.319 e. The van der Waals surface area contributed by atoms with Crippen molar-refractivity contribution in [1.82, 2.24) is 14.9 Å². The Morgan fingerprint density at radius 1 is 1.42 bits per heavy atom. The first-order chi connectivity index (χ1) is 11.4. The Labute approximate surface area is 141 Å². The SMILES string of the molecule is CCOc1ccc(NC(=O)N[C@H](c2nccn2C)C(C)C)c(F)c1. The van der Waals surface area contributed by atoms with Gasteiger partial charge in [0.25, 0.3) is 0 Å². The Morgan fingerprint density at radius 2 is 2.17 bits per heavy atom. The predicted octanol–water partition coefficient (Wildman–Crippen LogP) is 3.48. The number of hydrogen-bond donors (Lipinski definition) is 2. The summed E-state index contributed by atoms with van der Waals surface area (Å²) in [5.41, 5.74) is 0.0956. The largest absolute Gasteiger partial charge is 0.494 e. The van der Waals surface area contributed by atoms with Crippen LogP contribution in [0.25, 0.3) is 0 Å². The third-order valence-corrected chi connectivity index (χ3v) is 3.59. The van der Waals surface area contributed by atoms with Crippen LogP contribution in [-0.2, 0) is 7.05 Å². The van der Waals surface area contributed by atoms with E-state index in [1.165, 1.54) is 12.1 Å². The number of rotatable bonds is 6. The number of urea groups is 1. The molecule has 130 valence electrons. The van der Waals surface area contributed by atoms with Crippen molar-refractivity contribution < 1.29 is 13.9 Å². The molecule has 0 saturated carbocycles. The minimum atomic E-state index is -0.547. The van der Waals surface area contributed by atoms with Crippen molar-refractivity contribution in [2.45, 2.75) is 26.8 Å². The lowest BCUT2D eigenvalue weighted by atomic mass is 10.0. The van der Waals surface area contributed by atoms with E-state index < -0.39 is 11.8 Å². The molecule has 2 aromatic rings. The average molecular weight is 334 g/mol. The quantitative estimate of drug-likeness (QED) is 0.850. The van der Waals surface area contributed by atoms with Gasteiger partial charge in [-0.15, -0.1) is 0 Å². The highest BCUT2D eigenvalue weighted by molar-refractivity contribution is 5.89. The number of amides is 2. The van der Waals surface area contributed by atoms with Gasteiger partial charge in [0.2, 0.25) is 0 Å². The first-order valence-electron chi connectivity index (χ1n) is 7.89. The monoisotopic (exact) mass is 334 g/mol. The number of anilines is 1. The molecule has 0 aliphatic heterocycles. The van der Waals surface area contributed by atoms with Crippen LogP contribution in [0, 0.1) is 11.7 Å². The molecule has 2 N–H and O–H groups in total. The molecule has 1 heterocycles. The molecule has 7 heteroatoms. The zero-order chi connectivity index (χ0) is 17.7. The third-order valence-electron chi connectivity index (χ3n) is 3.59. The standard InChI is InChI=1S/C17H23FN4O2/c1-5-24-12-6-7-14(13(18)10-12)20-17(23)21-15(11(2)3)16-19-8-9-22(16)4/h6-11,15H,5H2,1-4H3,(H2,20,21,23)/t15-/m0/s1. The summed E-state index contributed by atoms with van der Waals surface area (Å²) in [4.78, 5) is 16.5. The number of aromatic nitrogens is 2. The van der Waals surface area contributed by atoms with Crippen molar-refractivity contribution >= 4 is 11.7 Å². The van der Waals surface area contributed by atoms with Gasteiger partial charge in [-0.1, -0.05) is 13.8 Å². The molecular weight excluding hydrogens is 311 g/mol. The van der Waals surface area contributed by atoms with Crippen LogP contribution in [0.3, 0.4) is 0 Å². The molecule has 6 nitrogen and oxygen atoms in total. The maximum atomic E-state index is 14.0. The molecule has 2 rings (SSSR count). The number of benzene rings is 1. The number of carbonyl (C=O) groups is 1. The van der Waals surface area contributed by atoms with Crippen molar-refractivity contribution in [1.29, 1.82) is 0 Å². The number of ether oxygens (including phenoxy) is 1. The predicted molar refractivity (Wildman–Crippen MR) is 90.5 cm³/mol. The Bertz CT molecular complexity index is 700. The molecule has 0 fully saturated rings. The van der Waals surface area contributed by atoms with E-state index in [1.807, 2.05) is 38.6 Å². The summed E-state index contributed by atoms with van der Waals surface area (Å²) in [6.07, 6.45) is 3.49. The van der Waals surface area contributed by atoms with E-state index in [2.05, 4.69) is 15.6 Å². The Kier molecular flexibility index (Phi) is 5.78. The van der Waals surface area contributed by atoms with Gasteiger partial charge in [-0.05, 0) is 25.0 Å². The second kappa shape index (κ2) is 7.81. The van der Waals surface area contributed by atoms with Crippen LogP contribution >= 0.6 is 0 Å². The van der Waals surface area contributed by atoms with Crippen LogP contribution in [0.5, 0.6) is 5.75 Å². The molecule has 0 spiro atoms. The molecule has 0 radical (unpaired) electrons. The lowest BCUT2D eigenvalue weighted by Gasteiger charge is -2.22. The fourth-order valence-electron chi connectivity index (χ4n) is 2.36. The molecule has 0 unspecified atom stereocenters. The molecule has 0 aliphatic rings. The van der Waals surface area contributed by atoms with E-state index in [0.29, 0.717) is 12.4 Å². The summed E-state index contributed by atoms with van der Waals surface area (Å²) in [6, 6.07) is 3.57. The normalized spacial score (nSPS) is 12.1. The zero-order valence-electron chi connectivity index (χ0n) is 14.3. The van der Waals surface area contributed by atoms with E-state index in [9.17, 15) is 9.18 Å². The maximum absolute atomic E-state index is 14.0. The van der Waals surface area contributed by atoms with Crippen LogP contribution < -0.4 is 15.4 Å². The third kappa shape index (κ3) is 4.24. The minimum absolute atomic E-state index is 0.0956. The number of aryl methyl sites for hydroxylation is 1. The van der Waals surface area contributed by atoms with E-state index >= 15 is 0 Å². The van der Waals surface area contributed by atoms with E-state index in [4.69, 9.17) is 4.74 Å². The summed E-state index contributed by atoms with van der Waals surface area (Å²) in [6.45, 7) is 6.24. The fraction of sp³-hybridized carbons (Fsp3) is 0.412. The molecule has 1 atom stereocenters. The maximum Gasteiger partial charge on any atom is 0.319 e. The van der Waals surface area contributed by atoms with Crippen LogP contribution in [0.2, 0.25) is 0 Å². The van der Waals surface area contributed by atoms with Crippen molar-refractivity contribution in [3.05, 3.63) is 42.2 Å². The van der Waals surface area contributed by atoms with E-state index in [-0.39, 0.29) is 17.6 Å². The minimum Gasteiger partial charge on any atom is -0.494 e. The molecule has 0 bridgehead atoms. The lowest BCUT2D eigenvalue weighted by molar-refractivity contribution is 0.243. The van der Waals surface area contributed by atoms with Crippen LogP contribution in [0.4, 0.5) is 14.9 Å². The van der Waals surface area contributed by atoms with Crippen molar-refractivity contribution in [2.24, 2.45) is 13.0 Å². The van der Waals surface area contributed by atoms with Crippen molar-refractivity contribution in [3.63, 3.8) is 0 Å². The van der Waals surface area contributed by atoms with Gasteiger partial charge in [-0.25, -0.2) is 14.2 Å². The Morgan fingerprint density at radius 3 is 2.71 bits per heavy atom. The van der Waals surface area contributed by atoms with Gasteiger partial charge in [-0.3, -0.25) is 0 Å². The number of nitrogens with zero attached hydrogens (tertiary/aromatic N) is 2. The van der Waals surface area contributed by atoms with E-state index in [1.54, 1.807) is 12.3 Å². The summed E-state index contributed by atoms with van der Waals surface area (Å²) in [5, 5.41) is 5.37. The van der Waals surface area contributed by atoms with Gasteiger partial charge < -0.3 is 19.9 Å².